The topological polar surface area (TPSA) is 33.0 Å². The van der Waals surface area contributed by atoms with E-state index in [1.54, 1.807) is 7.11 Å². The molecule has 1 unspecified atom stereocenters. The van der Waals surface area contributed by atoms with Gasteiger partial charge in [0.2, 0.25) is 0 Å². The summed E-state index contributed by atoms with van der Waals surface area (Å²) >= 11 is 0. The summed E-state index contributed by atoms with van der Waals surface area (Å²) in [5.74, 6) is 0.504. The highest BCUT2D eigenvalue weighted by Crippen LogP contribution is 2.18. The second-order valence-electron chi connectivity index (χ2n) is 3.14. The standard InChI is InChI=1S/C8H15NO/c1-7(2)5-8(3,6-9)10-4/h7H,5H2,1-4H3. The molecule has 0 saturated heterocycles. The zero-order valence-electron chi connectivity index (χ0n) is 7.14. The van der Waals surface area contributed by atoms with Crippen molar-refractivity contribution in [1.82, 2.24) is 0 Å². The Balaban J connectivity index is 3.97. The van der Waals surface area contributed by atoms with E-state index in [0.717, 1.165) is 6.42 Å². The van der Waals surface area contributed by atoms with Crippen molar-refractivity contribution in [3.63, 3.8) is 0 Å². The Hall–Kier alpha value is -0.550. The van der Waals surface area contributed by atoms with E-state index in [0.29, 0.717) is 5.92 Å². The van der Waals surface area contributed by atoms with Gasteiger partial charge < -0.3 is 4.74 Å². The van der Waals surface area contributed by atoms with Crippen molar-refractivity contribution in [3.8, 4) is 6.07 Å². The average Bonchev–Trinajstić information content (AvgIpc) is 1.87. The van der Waals surface area contributed by atoms with Crippen LogP contribution in [0.2, 0.25) is 0 Å². The second kappa shape index (κ2) is 3.58. The second-order valence-corrected chi connectivity index (χ2v) is 3.14. The SMILES string of the molecule is COC(C)(C#N)CC(C)C. The zero-order valence-corrected chi connectivity index (χ0v) is 7.14. The summed E-state index contributed by atoms with van der Waals surface area (Å²) in [6.45, 7) is 5.97. The van der Waals surface area contributed by atoms with E-state index in [1.807, 2.05) is 6.92 Å². The maximum absolute atomic E-state index is 8.66. The van der Waals surface area contributed by atoms with Crippen LogP contribution in [0.3, 0.4) is 0 Å². The van der Waals surface area contributed by atoms with Crippen LogP contribution in [0.25, 0.3) is 0 Å². The van der Waals surface area contributed by atoms with Gasteiger partial charge in [0, 0.05) is 7.11 Å². The van der Waals surface area contributed by atoms with E-state index >= 15 is 0 Å². The van der Waals surface area contributed by atoms with Crippen LogP contribution in [0.1, 0.15) is 27.2 Å². The molecule has 0 radical (unpaired) electrons. The predicted octanol–water partition coefficient (Wildman–Crippen LogP) is 1.96. The maximum atomic E-state index is 8.66. The molecule has 0 rings (SSSR count). The third-order valence-corrected chi connectivity index (χ3v) is 1.48. The van der Waals surface area contributed by atoms with Crippen LogP contribution in [0, 0.1) is 17.2 Å². The summed E-state index contributed by atoms with van der Waals surface area (Å²) in [5.41, 5.74) is -0.589. The monoisotopic (exact) mass is 141 g/mol. The lowest BCUT2D eigenvalue weighted by Crippen LogP contribution is -2.26. The van der Waals surface area contributed by atoms with Gasteiger partial charge in [0.15, 0.2) is 5.60 Å². The van der Waals surface area contributed by atoms with Crippen LogP contribution in [0.4, 0.5) is 0 Å². The van der Waals surface area contributed by atoms with E-state index < -0.39 is 5.60 Å². The predicted molar refractivity (Wildman–Crippen MR) is 40.5 cm³/mol. The third-order valence-electron chi connectivity index (χ3n) is 1.48. The molecule has 10 heavy (non-hydrogen) atoms. The van der Waals surface area contributed by atoms with Crippen molar-refractivity contribution in [2.24, 2.45) is 5.92 Å². The summed E-state index contributed by atoms with van der Waals surface area (Å²) in [6, 6.07) is 2.14. The van der Waals surface area contributed by atoms with Crippen LogP contribution < -0.4 is 0 Å². The molecular weight excluding hydrogens is 126 g/mol. The van der Waals surface area contributed by atoms with Crippen molar-refractivity contribution < 1.29 is 4.74 Å². The van der Waals surface area contributed by atoms with Crippen molar-refractivity contribution in [2.45, 2.75) is 32.8 Å². The molecule has 0 bridgehead atoms. The minimum atomic E-state index is -0.589. The maximum Gasteiger partial charge on any atom is 0.151 e. The van der Waals surface area contributed by atoms with Crippen LogP contribution >= 0.6 is 0 Å². The fourth-order valence-corrected chi connectivity index (χ4v) is 0.954. The molecule has 0 amide bonds. The van der Waals surface area contributed by atoms with E-state index in [1.165, 1.54) is 0 Å². The Labute approximate surface area is 62.8 Å². The Morgan fingerprint density at radius 3 is 2.20 bits per heavy atom. The summed E-state index contributed by atoms with van der Waals surface area (Å²) in [4.78, 5) is 0. The number of hydrogen-bond acceptors (Lipinski definition) is 2. The highest BCUT2D eigenvalue weighted by atomic mass is 16.5. The fraction of sp³-hybridized carbons (Fsp3) is 0.875. The highest BCUT2D eigenvalue weighted by molar-refractivity contribution is 4.98. The molecule has 2 heteroatoms. The van der Waals surface area contributed by atoms with Gasteiger partial charge in [-0.2, -0.15) is 5.26 Å². The van der Waals surface area contributed by atoms with E-state index in [2.05, 4.69) is 19.9 Å². The van der Waals surface area contributed by atoms with Crippen LogP contribution in [-0.4, -0.2) is 12.7 Å². The lowest BCUT2D eigenvalue weighted by molar-refractivity contribution is 0.0378. The van der Waals surface area contributed by atoms with E-state index in [-0.39, 0.29) is 0 Å². The van der Waals surface area contributed by atoms with Crippen LogP contribution in [0.15, 0.2) is 0 Å². The molecule has 0 spiro atoms. The lowest BCUT2D eigenvalue weighted by atomic mass is 9.96. The van der Waals surface area contributed by atoms with Crippen LogP contribution in [0.5, 0.6) is 0 Å². The molecule has 0 aromatic rings. The van der Waals surface area contributed by atoms with Gasteiger partial charge in [-0.1, -0.05) is 13.8 Å². The van der Waals surface area contributed by atoms with Gasteiger partial charge in [0.05, 0.1) is 6.07 Å². The zero-order chi connectivity index (χ0) is 8.20. The van der Waals surface area contributed by atoms with Gasteiger partial charge in [-0.15, -0.1) is 0 Å². The quantitative estimate of drug-likeness (QED) is 0.602. The molecule has 2 nitrogen and oxygen atoms in total. The third kappa shape index (κ3) is 2.84. The largest absolute Gasteiger partial charge is 0.364 e. The van der Waals surface area contributed by atoms with Crippen LogP contribution in [-0.2, 0) is 4.74 Å². The van der Waals surface area contributed by atoms with E-state index in [4.69, 9.17) is 10.00 Å². The summed E-state index contributed by atoms with van der Waals surface area (Å²) in [6.07, 6.45) is 0.792. The Bertz CT molecular complexity index is 137. The average molecular weight is 141 g/mol. The molecule has 0 aromatic heterocycles. The van der Waals surface area contributed by atoms with Gasteiger partial charge >= 0.3 is 0 Å². The van der Waals surface area contributed by atoms with Gasteiger partial charge in [0.25, 0.3) is 0 Å². The van der Waals surface area contributed by atoms with Gasteiger partial charge in [-0.25, -0.2) is 0 Å². The number of hydrogen-bond donors (Lipinski definition) is 0. The van der Waals surface area contributed by atoms with Crippen molar-refractivity contribution in [1.29, 1.82) is 5.26 Å². The smallest absolute Gasteiger partial charge is 0.151 e. The molecule has 58 valence electrons. The first-order valence-corrected chi connectivity index (χ1v) is 3.50. The van der Waals surface area contributed by atoms with Crippen molar-refractivity contribution in [3.05, 3.63) is 0 Å². The summed E-state index contributed by atoms with van der Waals surface area (Å²) < 4.78 is 5.04. The van der Waals surface area contributed by atoms with Gasteiger partial charge in [-0.05, 0) is 19.3 Å². The first-order valence-electron chi connectivity index (χ1n) is 3.50. The molecule has 0 aliphatic carbocycles. The first kappa shape index (κ1) is 9.45. The number of nitrogens with zero attached hydrogens (tertiary/aromatic N) is 1. The van der Waals surface area contributed by atoms with Gasteiger partial charge in [0.1, 0.15) is 0 Å². The normalized spacial score (nSPS) is 16.4. The number of methoxy groups -OCH3 is 1. The molecule has 0 saturated carbocycles. The Morgan fingerprint density at radius 1 is 1.60 bits per heavy atom. The first-order chi connectivity index (χ1) is 4.54. The molecule has 0 N–H and O–H groups in total. The molecule has 0 aromatic carbocycles. The minimum Gasteiger partial charge on any atom is -0.364 e. The highest BCUT2D eigenvalue weighted by Gasteiger charge is 2.23. The summed E-state index contributed by atoms with van der Waals surface area (Å²) in [7, 11) is 1.58. The lowest BCUT2D eigenvalue weighted by Gasteiger charge is -2.21. The molecule has 1 atom stereocenters. The van der Waals surface area contributed by atoms with E-state index in [9.17, 15) is 0 Å². The molecule has 0 heterocycles. The number of rotatable bonds is 3. The number of nitriles is 1. The number of ether oxygens (including phenoxy) is 1. The Morgan fingerprint density at radius 2 is 2.10 bits per heavy atom. The fourth-order valence-electron chi connectivity index (χ4n) is 0.954. The van der Waals surface area contributed by atoms with Crippen molar-refractivity contribution >= 4 is 0 Å². The summed E-state index contributed by atoms with van der Waals surface area (Å²) in [5, 5.41) is 8.66. The van der Waals surface area contributed by atoms with Gasteiger partial charge in [-0.3, -0.25) is 0 Å². The molecule has 0 fully saturated rings. The molecule has 0 aliphatic rings. The minimum absolute atomic E-state index is 0.504. The molecular formula is C8H15NO. The van der Waals surface area contributed by atoms with Crippen molar-refractivity contribution in [2.75, 3.05) is 7.11 Å². The Kier molecular flexibility index (Phi) is 3.38. The molecule has 0 aliphatic heterocycles.